The molecule has 2 unspecified atom stereocenters. The Bertz CT molecular complexity index is 323. The molecule has 0 saturated carbocycles. The van der Waals surface area contributed by atoms with Crippen molar-refractivity contribution in [1.82, 2.24) is 10.2 Å². The molecular formula is C11H22N2O2S. The summed E-state index contributed by atoms with van der Waals surface area (Å²) in [4.78, 5) is 2.23. The van der Waals surface area contributed by atoms with Gasteiger partial charge in [-0.1, -0.05) is 0 Å². The molecule has 5 heteroatoms. The highest BCUT2D eigenvalue weighted by molar-refractivity contribution is 7.91. The van der Waals surface area contributed by atoms with Crippen LogP contribution in [0.15, 0.2) is 0 Å². The van der Waals surface area contributed by atoms with Gasteiger partial charge in [-0.25, -0.2) is 8.42 Å². The molecule has 16 heavy (non-hydrogen) atoms. The third-order valence-corrected chi connectivity index (χ3v) is 5.57. The van der Waals surface area contributed by atoms with Crippen LogP contribution in [0.5, 0.6) is 0 Å². The van der Waals surface area contributed by atoms with E-state index in [1.54, 1.807) is 0 Å². The Morgan fingerprint density at radius 3 is 2.75 bits per heavy atom. The van der Waals surface area contributed by atoms with Gasteiger partial charge in [-0.2, -0.15) is 0 Å². The fourth-order valence-electron chi connectivity index (χ4n) is 2.67. The number of hydrogen-bond acceptors (Lipinski definition) is 4. The van der Waals surface area contributed by atoms with E-state index in [1.165, 1.54) is 12.8 Å². The van der Waals surface area contributed by atoms with Crippen LogP contribution in [0.3, 0.4) is 0 Å². The van der Waals surface area contributed by atoms with Gasteiger partial charge >= 0.3 is 0 Å². The highest BCUT2D eigenvalue weighted by Gasteiger charge is 2.30. The fraction of sp³-hybridized carbons (Fsp3) is 1.00. The molecule has 4 nitrogen and oxygen atoms in total. The molecule has 0 aliphatic carbocycles. The zero-order valence-corrected chi connectivity index (χ0v) is 10.8. The van der Waals surface area contributed by atoms with Crippen LogP contribution in [0.2, 0.25) is 0 Å². The van der Waals surface area contributed by atoms with Gasteiger partial charge in [-0.3, -0.25) is 0 Å². The van der Waals surface area contributed by atoms with Gasteiger partial charge in [0.1, 0.15) is 0 Å². The second kappa shape index (κ2) is 5.02. The van der Waals surface area contributed by atoms with Crippen LogP contribution in [0.25, 0.3) is 0 Å². The van der Waals surface area contributed by atoms with Crippen molar-refractivity contribution in [3.63, 3.8) is 0 Å². The lowest BCUT2D eigenvalue weighted by atomic mass is 10.1. The van der Waals surface area contributed by atoms with E-state index < -0.39 is 9.84 Å². The molecule has 2 fully saturated rings. The van der Waals surface area contributed by atoms with E-state index in [1.807, 2.05) is 0 Å². The Hall–Kier alpha value is -0.130. The predicted octanol–water partition coefficient (Wildman–Crippen LogP) is 0.247. The minimum absolute atomic E-state index is 0.256. The summed E-state index contributed by atoms with van der Waals surface area (Å²) in [6.45, 7) is 2.16. The minimum Gasteiger partial charge on any atom is -0.314 e. The summed E-state index contributed by atoms with van der Waals surface area (Å²) in [5, 5.41) is 3.47. The largest absolute Gasteiger partial charge is 0.314 e. The highest BCUT2D eigenvalue weighted by Crippen LogP contribution is 2.17. The minimum atomic E-state index is -2.74. The van der Waals surface area contributed by atoms with Gasteiger partial charge in [-0.15, -0.1) is 0 Å². The summed E-state index contributed by atoms with van der Waals surface area (Å²) in [5.74, 6) is 0.741. The zero-order chi connectivity index (χ0) is 11.6. The maximum absolute atomic E-state index is 11.4. The van der Waals surface area contributed by atoms with Gasteiger partial charge in [0.05, 0.1) is 11.5 Å². The van der Waals surface area contributed by atoms with Crippen molar-refractivity contribution < 1.29 is 8.42 Å². The zero-order valence-electron chi connectivity index (χ0n) is 9.98. The third kappa shape index (κ3) is 3.18. The van der Waals surface area contributed by atoms with E-state index >= 15 is 0 Å². The van der Waals surface area contributed by atoms with Crippen LogP contribution in [0, 0.1) is 0 Å². The maximum atomic E-state index is 11.4. The number of sulfone groups is 1. The SMILES string of the molecule is CN(CCC1CCCN1)C1CCS(=O)(=O)C1. The summed E-state index contributed by atoms with van der Waals surface area (Å²) < 4.78 is 22.7. The molecule has 0 bridgehead atoms. The number of nitrogens with one attached hydrogen (secondary N) is 1. The van der Waals surface area contributed by atoms with Gasteiger partial charge in [0.2, 0.25) is 0 Å². The van der Waals surface area contributed by atoms with Crippen LogP contribution in [-0.2, 0) is 9.84 Å². The molecule has 0 aromatic rings. The molecule has 0 aromatic heterocycles. The van der Waals surface area contributed by atoms with Gasteiger partial charge in [0.25, 0.3) is 0 Å². The highest BCUT2D eigenvalue weighted by atomic mass is 32.2. The summed E-state index contributed by atoms with van der Waals surface area (Å²) in [7, 11) is -0.679. The van der Waals surface area contributed by atoms with Gasteiger partial charge in [0.15, 0.2) is 9.84 Å². The van der Waals surface area contributed by atoms with E-state index in [-0.39, 0.29) is 6.04 Å². The first-order valence-electron chi connectivity index (χ1n) is 6.21. The molecule has 2 aliphatic rings. The summed E-state index contributed by atoms with van der Waals surface area (Å²) in [5.41, 5.74) is 0. The normalized spacial score (nSPS) is 33.6. The summed E-state index contributed by atoms with van der Waals surface area (Å²) >= 11 is 0. The molecular weight excluding hydrogens is 224 g/mol. The van der Waals surface area contributed by atoms with Crippen LogP contribution < -0.4 is 5.32 Å². The lowest BCUT2D eigenvalue weighted by Crippen LogP contribution is -2.36. The Morgan fingerprint density at radius 1 is 1.38 bits per heavy atom. The van der Waals surface area contributed by atoms with Crippen molar-refractivity contribution in [2.45, 2.75) is 37.8 Å². The molecule has 2 aliphatic heterocycles. The molecule has 0 spiro atoms. The molecule has 2 rings (SSSR count). The Kier molecular flexibility index (Phi) is 3.87. The number of rotatable bonds is 4. The third-order valence-electron chi connectivity index (χ3n) is 3.82. The first-order valence-corrected chi connectivity index (χ1v) is 8.03. The van der Waals surface area contributed by atoms with Crippen molar-refractivity contribution in [1.29, 1.82) is 0 Å². The Labute approximate surface area is 98.3 Å². The van der Waals surface area contributed by atoms with Crippen molar-refractivity contribution in [2.24, 2.45) is 0 Å². The fourth-order valence-corrected chi connectivity index (χ4v) is 4.47. The molecule has 2 saturated heterocycles. The van der Waals surface area contributed by atoms with Gasteiger partial charge in [-0.05, 0) is 45.8 Å². The lowest BCUT2D eigenvalue weighted by molar-refractivity contribution is 0.249. The van der Waals surface area contributed by atoms with Crippen molar-refractivity contribution in [3.8, 4) is 0 Å². The van der Waals surface area contributed by atoms with Crippen LogP contribution >= 0.6 is 0 Å². The van der Waals surface area contributed by atoms with E-state index in [2.05, 4.69) is 17.3 Å². The van der Waals surface area contributed by atoms with E-state index in [0.29, 0.717) is 17.5 Å². The second-order valence-corrected chi connectivity index (χ2v) is 7.35. The summed E-state index contributed by atoms with van der Waals surface area (Å²) in [6.07, 6.45) is 4.52. The predicted molar refractivity (Wildman–Crippen MR) is 65.3 cm³/mol. The average molecular weight is 246 g/mol. The molecule has 0 radical (unpaired) electrons. The quantitative estimate of drug-likeness (QED) is 0.772. The maximum Gasteiger partial charge on any atom is 0.151 e. The monoisotopic (exact) mass is 246 g/mol. The van der Waals surface area contributed by atoms with Crippen LogP contribution in [-0.4, -0.2) is 57.0 Å². The molecule has 2 heterocycles. The van der Waals surface area contributed by atoms with E-state index in [0.717, 1.165) is 25.9 Å². The first kappa shape index (κ1) is 12.3. The topological polar surface area (TPSA) is 49.4 Å². The molecule has 2 atom stereocenters. The number of nitrogens with zero attached hydrogens (tertiary/aromatic N) is 1. The Balaban J connectivity index is 1.73. The van der Waals surface area contributed by atoms with Gasteiger partial charge < -0.3 is 10.2 Å². The Morgan fingerprint density at radius 2 is 2.19 bits per heavy atom. The average Bonchev–Trinajstić information content (AvgIpc) is 2.83. The van der Waals surface area contributed by atoms with Crippen molar-refractivity contribution >= 4 is 9.84 Å². The second-order valence-electron chi connectivity index (χ2n) is 5.12. The van der Waals surface area contributed by atoms with Crippen LogP contribution in [0.4, 0.5) is 0 Å². The van der Waals surface area contributed by atoms with Crippen LogP contribution in [0.1, 0.15) is 25.7 Å². The summed E-state index contributed by atoms with van der Waals surface area (Å²) in [6, 6.07) is 0.909. The number of hydrogen-bond donors (Lipinski definition) is 1. The molecule has 1 N–H and O–H groups in total. The molecule has 94 valence electrons. The molecule has 0 amide bonds. The van der Waals surface area contributed by atoms with Crippen molar-refractivity contribution in [3.05, 3.63) is 0 Å². The smallest absolute Gasteiger partial charge is 0.151 e. The molecule has 0 aromatic carbocycles. The van der Waals surface area contributed by atoms with Crippen molar-refractivity contribution in [2.75, 3.05) is 31.6 Å². The first-order chi connectivity index (χ1) is 7.57. The van der Waals surface area contributed by atoms with E-state index in [4.69, 9.17) is 0 Å². The lowest BCUT2D eigenvalue weighted by Gasteiger charge is -2.24. The standard InChI is InChI=1S/C11H22N2O2S/c1-13(7-4-10-3-2-6-12-10)11-5-8-16(14,15)9-11/h10-12H,2-9H2,1H3. The van der Waals surface area contributed by atoms with E-state index in [9.17, 15) is 8.42 Å². The van der Waals surface area contributed by atoms with Gasteiger partial charge in [0, 0.05) is 12.1 Å².